The van der Waals surface area contributed by atoms with Gasteiger partial charge in [-0.25, -0.2) is 8.42 Å². The quantitative estimate of drug-likeness (QED) is 0.779. The summed E-state index contributed by atoms with van der Waals surface area (Å²) in [4.78, 5) is 4.68. The van der Waals surface area contributed by atoms with Crippen LogP contribution >= 0.6 is 0 Å². The van der Waals surface area contributed by atoms with Crippen LogP contribution in [0.4, 0.5) is 0 Å². The summed E-state index contributed by atoms with van der Waals surface area (Å²) >= 11 is 0. The first-order valence-corrected chi connectivity index (χ1v) is 7.97. The lowest BCUT2D eigenvalue weighted by Gasteiger charge is -2.28. The highest BCUT2D eigenvalue weighted by Crippen LogP contribution is 2.25. The van der Waals surface area contributed by atoms with E-state index in [1.165, 1.54) is 10.6 Å². The van der Waals surface area contributed by atoms with E-state index in [1.807, 2.05) is 12.1 Å². The van der Waals surface area contributed by atoms with Crippen molar-refractivity contribution < 1.29 is 8.42 Å². The summed E-state index contributed by atoms with van der Waals surface area (Å²) in [7, 11) is -3.10. The fraction of sp³-hybridized carbons (Fsp3) is 0.615. The molecule has 18 heavy (non-hydrogen) atoms. The Morgan fingerprint density at radius 3 is 2.50 bits per heavy atom. The molecule has 0 saturated carbocycles. The maximum Gasteiger partial charge on any atom is 0.211 e. The van der Waals surface area contributed by atoms with Crippen LogP contribution in [0, 0.1) is 0 Å². The first-order valence-electron chi connectivity index (χ1n) is 6.12. The van der Waals surface area contributed by atoms with Gasteiger partial charge in [-0.3, -0.25) is 4.98 Å². The number of sulfonamides is 1. The third-order valence-corrected chi connectivity index (χ3v) is 4.50. The lowest BCUT2D eigenvalue weighted by Crippen LogP contribution is -2.35. The van der Waals surface area contributed by atoms with Gasteiger partial charge in [0.2, 0.25) is 10.0 Å². The average molecular weight is 268 g/mol. The fourth-order valence-corrected chi connectivity index (χ4v) is 2.89. The molecule has 1 aliphatic heterocycles. The molecule has 0 fully saturated rings. The van der Waals surface area contributed by atoms with E-state index in [4.69, 9.17) is 0 Å². The van der Waals surface area contributed by atoms with Gasteiger partial charge < -0.3 is 0 Å². The van der Waals surface area contributed by atoms with Gasteiger partial charge in [-0.2, -0.15) is 4.31 Å². The zero-order valence-electron chi connectivity index (χ0n) is 11.4. The summed E-state index contributed by atoms with van der Waals surface area (Å²) in [5.41, 5.74) is 3.17. The van der Waals surface area contributed by atoms with Gasteiger partial charge in [0.25, 0.3) is 0 Å². The van der Waals surface area contributed by atoms with Crippen LogP contribution in [-0.2, 0) is 28.4 Å². The van der Waals surface area contributed by atoms with Crippen molar-refractivity contribution in [3.05, 3.63) is 29.1 Å². The smallest absolute Gasteiger partial charge is 0.211 e. The fourth-order valence-electron chi connectivity index (χ4n) is 2.09. The molecule has 2 heterocycles. The zero-order chi connectivity index (χ0) is 13.6. The van der Waals surface area contributed by atoms with Crippen molar-refractivity contribution in [2.75, 3.05) is 12.8 Å². The third kappa shape index (κ3) is 2.72. The Morgan fingerprint density at radius 2 is 1.94 bits per heavy atom. The molecule has 1 aromatic heterocycles. The van der Waals surface area contributed by atoms with Gasteiger partial charge in [-0.05, 0) is 11.6 Å². The lowest BCUT2D eigenvalue weighted by atomic mass is 9.90. The number of pyridine rings is 1. The van der Waals surface area contributed by atoms with E-state index in [2.05, 4.69) is 25.8 Å². The predicted molar refractivity (Wildman–Crippen MR) is 71.9 cm³/mol. The summed E-state index contributed by atoms with van der Waals surface area (Å²) in [5.74, 6) is 0. The highest BCUT2D eigenvalue weighted by molar-refractivity contribution is 7.88. The standard InChI is InChI=1S/C13H20N2O2S/c1-13(2,3)12-6-5-10-9-15(18(4,16)17)8-7-11(10)14-12/h5-6H,7-9H2,1-4H3. The van der Waals surface area contributed by atoms with Gasteiger partial charge >= 0.3 is 0 Å². The first-order chi connectivity index (χ1) is 8.18. The van der Waals surface area contributed by atoms with Crippen molar-refractivity contribution in [1.29, 1.82) is 0 Å². The lowest BCUT2D eigenvalue weighted by molar-refractivity contribution is 0.389. The second kappa shape index (κ2) is 4.31. The Morgan fingerprint density at radius 1 is 1.28 bits per heavy atom. The molecule has 0 spiro atoms. The number of fused-ring (bicyclic) bond motifs is 1. The molecule has 0 amide bonds. The number of hydrogen-bond donors (Lipinski definition) is 0. The van der Waals surface area contributed by atoms with Crippen LogP contribution in [0.15, 0.2) is 12.1 Å². The van der Waals surface area contributed by atoms with Crippen LogP contribution in [0.5, 0.6) is 0 Å². The predicted octanol–water partition coefficient (Wildman–Crippen LogP) is 1.70. The molecule has 0 unspecified atom stereocenters. The number of nitrogens with zero attached hydrogens (tertiary/aromatic N) is 2. The van der Waals surface area contributed by atoms with Crippen molar-refractivity contribution in [2.45, 2.75) is 39.2 Å². The molecule has 0 radical (unpaired) electrons. The number of aromatic nitrogens is 1. The number of rotatable bonds is 1. The summed E-state index contributed by atoms with van der Waals surface area (Å²) in [6.45, 7) is 7.38. The second-order valence-electron chi connectivity index (χ2n) is 5.90. The SMILES string of the molecule is CC(C)(C)c1ccc2c(n1)CCN(S(C)(=O)=O)C2. The van der Waals surface area contributed by atoms with Crippen LogP contribution in [-0.4, -0.2) is 30.5 Å². The van der Waals surface area contributed by atoms with Gasteiger partial charge in [0.1, 0.15) is 0 Å². The molecule has 0 bridgehead atoms. The van der Waals surface area contributed by atoms with Crippen molar-refractivity contribution in [3.63, 3.8) is 0 Å². The van der Waals surface area contributed by atoms with Gasteiger partial charge in [0, 0.05) is 36.3 Å². The Bertz CT molecular complexity index is 559. The Labute approximate surface area is 109 Å². The van der Waals surface area contributed by atoms with Gasteiger partial charge in [0.15, 0.2) is 0 Å². The largest absolute Gasteiger partial charge is 0.257 e. The summed E-state index contributed by atoms with van der Waals surface area (Å²) in [6, 6.07) is 4.02. The van der Waals surface area contributed by atoms with E-state index in [0.717, 1.165) is 17.0 Å². The van der Waals surface area contributed by atoms with Crippen LogP contribution in [0.25, 0.3) is 0 Å². The first kappa shape index (κ1) is 13.5. The van der Waals surface area contributed by atoms with Crippen molar-refractivity contribution >= 4 is 10.0 Å². The summed E-state index contributed by atoms with van der Waals surface area (Å²) in [6.07, 6.45) is 1.96. The molecule has 0 atom stereocenters. The highest BCUT2D eigenvalue weighted by Gasteiger charge is 2.25. The Kier molecular flexibility index (Phi) is 3.23. The zero-order valence-corrected chi connectivity index (χ0v) is 12.2. The van der Waals surface area contributed by atoms with E-state index in [9.17, 15) is 8.42 Å². The average Bonchev–Trinajstić information content (AvgIpc) is 2.25. The van der Waals surface area contributed by atoms with Crippen molar-refractivity contribution in [2.24, 2.45) is 0 Å². The molecule has 1 aromatic rings. The topological polar surface area (TPSA) is 50.3 Å². The number of hydrogen-bond acceptors (Lipinski definition) is 3. The maximum atomic E-state index is 11.5. The molecule has 0 saturated heterocycles. The van der Waals surface area contributed by atoms with Crippen LogP contribution < -0.4 is 0 Å². The molecule has 0 aromatic carbocycles. The third-order valence-electron chi connectivity index (χ3n) is 3.25. The van der Waals surface area contributed by atoms with E-state index in [1.54, 1.807) is 0 Å². The molecule has 0 N–H and O–H groups in total. The molecule has 100 valence electrons. The van der Waals surface area contributed by atoms with Gasteiger partial charge in [-0.1, -0.05) is 26.8 Å². The Hall–Kier alpha value is -0.940. The van der Waals surface area contributed by atoms with Crippen LogP contribution in [0.2, 0.25) is 0 Å². The minimum Gasteiger partial charge on any atom is -0.257 e. The molecule has 1 aliphatic rings. The summed E-state index contributed by atoms with van der Waals surface area (Å²) in [5, 5.41) is 0. The van der Waals surface area contributed by atoms with E-state index < -0.39 is 10.0 Å². The van der Waals surface area contributed by atoms with Gasteiger partial charge in [-0.15, -0.1) is 0 Å². The molecular formula is C13H20N2O2S. The van der Waals surface area contributed by atoms with Gasteiger partial charge in [0.05, 0.1) is 6.26 Å². The van der Waals surface area contributed by atoms with Crippen molar-refractivity contribution in [1.82, 2.24) is 9.29 Å². The highest BCUT2D eigenvalue weighted by atomic mass is 32.2. The van der Waals surface area contributed by atoms with E-state index in [0.29, 0.717) is 19.5 Å². The monoisotopic (exact) mass is 268 g/mol. The van der Waals surface area contributed by atoms with E-state index in [-0.39, 0.29) is 5.41 Å². The normalized spacial score (nSPS) is 17.6. The molecule has 0 aliphatic carbocycles. The molecular weight excluding hydrogens is 248 g/mol. The summed E-state index contributed by atoms with van der Waals surface area (Å²) < 4.78 is 24.6. The molecule has 2 rings (SSSR count). The molecule has 4 nitrogen and oxygen atoms in total. The second-order valence-corrected chi connectivity index (χ2v) is 7.88. The minimum atomic E-state index is -3.10. The van der Waals surface area contributed by atoms with E-state index >= 15 is 0 Å². The van der Waals surface area contributed by atoms with Crippen LogP contribution in [0.3, 0.4) is 0 Å². The molecule has 5 heteroatoms. The minimum absolute atomic E-state index is 0.0308. The maximum absolute atomic E-state index is 11.5. The Balaban J connectivity index is 2.32. The van der Waals surface area contributed by atoms with Crippen LogP contribution in [0.1, 0.15) is 37.7 Å². The van der Waals surface area contributed by atoms with Crippen molar-refractivity contribution in [3.8, 4) is 0 Å².